The summed E-state index contributed by atoms with van der Waals surface area (Å²) >= 11 is 0. The Morgan fingerprint density at radius 3 is 2.39 bits per heavy atom. The summed E-state index contributed by atoms with van der Waals surface area (Å²) in [5.74, 6) is -0.972. The summed E-state index contributed by atoms with van der Waals surface area (Å²) in [6, 6.07) is 17.3. The van der Waals surface area contributed by atoms with Crippen LogP contribution in [0, 0.1) is 11.3 Å². The van der Waals surface area contributed by atoms with E-state index in [4.69, 9.17) is 10.00 Å². The van der Waals surface area contributed by atoms with Gasteiger partial charge in [0.25, 0.3) is 5.91 Å². The molecule has 0 saturated heterocycles. The van der Waals surface area contributed by atoms with E-state index >= 15 is 0 Å². The Labute approximate surface area is 134 Å². The molecule has 0 unspecified atom stereocenters. The molecule has 2 aromatic carbocycles. The molecular formula is C18H16N2O3. The van der Waals surface area contributed by atoms with Crippen molar-refractivity contribution in [2.75, 3.05) is 6.61 Å². The van der Waals surface area contributed by atoms with Crippen molar-refractivity contribution in [1.82, 2.24) is 5.32 Å². The molecule has 23 heavy (non-hydrogen) atoms. The molecule has 0 aliphatic heterocycles. The Morgan fingerprint density at radius 1 is 1.13 bits per heavy atom. The molecule has 5 heteroatoms. The summed E-state index contributed by atoms with van der Waals surface area (Å²) in [4.78, 5) is 23.7. The average Bonchev–Trinajstić information content (AvgIpc) is 2.60. The minimum atomic E-state index is -0.600. The van der Waals surface area contributed by atoms with E-state index in [1.54, 1.807) is 0 Å². The van der Waals surface area contributed by atoms with Gasteiger partial charge in [0.2, 0.25) is 0 Å². The zero-order chi connectivity index (χ0) is 16.7. The average molecular weight is 308 g/mol. The molecule has 2 aromatic rings. The van der Waals surface area contributed by atoms with Crippen LogP contribution in [0.2, 0.25) is 0 Å². The Morgan fingerprint density at radius 2 is 1.78 bits per heavy atom. The molecule has 116 valence electrons. The van der Waals surface area contributed by atoms with Crippen molar-refractivity contribution in [3.05, 3.63) is 71.3 Å². The molecule has 0 spiro atoms. The Balaban J connectivity index is 1.84. The fourth-order valence-corrected chi connectivity index (χ4v) is 2.00. The third kappa shape index (κ3) is 4.68. The number of amides is 1. The maximum atomic E-state index is 11.8. The molecule has 0 aliphatic carbocycles. The summed E-state index contributed by atoms with van der Waals surface area (Å²) in [6.45, 7) is 1.51. The van der Waals surface area contributed by atoms with E-state index < -0.39 is 5.97 Å². The molecule has 5 nitrogen and oxygen atoms in total. The summed E-state index contributed by atoms with van der Waals surface area (Å²) in [5, 5.41) is 11.5. The van der Waals surface area contributed by atoms with Crippen molar-refractivity contribution < 1.29 is 14.3 Å². The number of esters is 1. The molecule has 0 heterocycles. The molecule has 1 amide bonds. The largest absolute Gasteiger partial charge is 0.452 e. The van der Waals surface area contributed by atoms with Gasteiger partial charge in [0.05, 0.1) is 23.2 Å². The summed E-state index contributed by atoms with van der Waals surface area (Å²) in [7, 11) is 0. The minimum Gasteiger partial charge on any atom is -0.452 e. The first-order chi connectivity index (χ1) is 11.1. The van der Waals surface area contributed by atoms with Gasteiger partial charge in [0, 0.05) is 0 Å². The second-order valence-electron chi connectivity index (χ2n) is 4.97. The first-order valence-corrected chi connectivity index (χ1v) is 7.11. The van der Waals surface area contributed by atoms with Gasteiger partial charge in [-0.25, -0.2) is 4.79 Å². The van der Waals surface area contributed by atoms with E-state index in [1.807, 2.05) is 43.3 Å². The number of nitrogens with zero attached hydrogens (tertiary/aromatic N) is 1. The van der Waals surface area contributed by atoms with E-state index in [0.717, 1.165) is 5.56 Å². The van der Waals surface area contributed by atoms with Crippen LogP contribution in [0.25, 0.3) is 0 Å². The van der Waals surface area contributed by atoms with Crippen LogP contribution in [0.1, 0.15) is 34.5 Å². The first-order valence-electron chi connectivity index (χ1n) is 7.11. The number of nitrogens with one attached hydrogen (secondary N) is 1. The van der Waals surface area contributed by atoms with Gasteiger partial charge in [-0.2, -0.15) is 5.26 Å². The topological polar surface area (TPSA) is 79.2 Å². The molecule has 0 bridgehead atoms. The van der Waals surface area contributed by atoms with Gasteiger partial charge >= 0.3 is 5.97 Å². The molecule has 1 atom stereocenters. The van der Waals surface area contributed by atoms with E-state index in [9.17, 15) is 9.59 Å². The molecule has 2 rings (SSSR count). The summed E-state index contributed by atoms with van der Waals surface area (Å²) in [6.07, 6.45) is 0. The zero-order valence-corrected chi connectivity index (χ0v) is 12.7. The van der Waals surface area contributed by atoms with Crippen LogP contribution in [-0.2, 0) is 9.53 Å². The summed E-state index contributed by atoms with van der Waals surface area (Å²) < 4.78 is 4.97. The van der Waals surface area contributed by atoms with Crippen molar-refractivity contribution >= 4 is 11.9 Å². The van der Waals surface area contributed by atoms with Crippen LogP contribution >= 0.6 is 0 Å². The van der Waals surface area contributed by atoms with E-state index in [1.165, 1.54) is 24.3 Å². The van der Waals surface area contributed by atoms with E-state index in [-0.39, 0.29) is 18.6 Å². The zero-order valence-electron chi connectivity index (χ0n) is 12.7. The Bertz CT molecular complexity index is 718. The Kier molecular flexibility index (Phi) is 5.48. The van der Waals surface area contributed by atoms with Crippen LogP contribution in [0.15, 0.2) is 54.6 Å². The fraction of sp³-hybridized carbons (Fsp3) is 0.167. The highest BCUT2D eigenvalue weighted by atomic mass is 16.5. The maximum absolute atomic E-state index is 11.8. The van der Waals surface area contributed by atoms with Gasteiger partial charge < -0.3 is 10.1 Å². The number of hydrogen-bond acceptors (Lipinski definition) is 4. The highest BCUT2D eigenvalue weighted by Gasteiger charge is 2.13. The van der Waals surface area contributed by atoms with Crippen molar-refractivity contribution in [3.8, 4) is 6.07 Å². The number of rotatable bonds is 5. The van der Waals surface area contributed by atoms with Gasteiger partial charge in [-0.1, -0.05) is 30.3 Å². The third-order valence-corrected chi connectivity index (χ3v) is 3.26. The molecule has 0 fully saturated rings. The molecule has 0 radical (unpaired) electrons. The van der Waals surface area contributed by atoms with Crippen LogP contribution < -0.4 is 5.32 Å². The lowest BCUT2D eigenvalue weighted by molar-refractivity contribution is -0.124. The molecule has 0 saturated carbocycles. The van der Waals surface area contributed by atoms with Crippen LogP contribution in [0.3, 0.4) is 0 Å². The first kappa shape index (κ1) is 16.2. The number of nitriles is 1. The van der Waals surface area contributed by atoms with Gasteiger partial charge in [-0.15, -0.1) is 0 Å². The lowest BCUT2D eigenvalue weighted by atomic mass is 10.1. The Hall–Kier alpha value is -3.13. The van der Waals surface area contributed by atoms with Crippen LogP contribution in [-0.4, -0.2) is 18.5 Å². The van der Waals surface area contributed by atoms with Gasteiger partial charge in [-0.05, 0) is 36.8 Å². The predicted molar refractivity (Wildman–Crippen MR) is 84.4 cm³/mol. The minimum absolute atomic E-state index is 0.169. The van der Waals surface area contributed by atoms with Crippen LogP contribution in [0.4, 0.5) is 0 Å². The van der Waals surface area contributed by atoms with Gasteiger partial charge in [0.15, 0.2) is 6.61 Å². The molecule has 0 aliphatic rings. The highest BCUT2D eigenvalue weighted by Crippen LogP contribution is 2.11. The monoisotopic (exact) mass is 308 g/mol. The number of carbonyl (C=O) groups excluding carboxylic acids is 2. The molecule has 1 N–H and O–H groups in total. The normalized spacial score (nSPS) is 11.1. The summed E-state index contributed by atoms with van der Waals surface area (Å²) in [5.41, 5.74) is 1.73. The van der Waals surface area contributed by atoms with Crippen molar-refractivity contribution in [2.24, 2.45) is 0 Å². The van der Waals surface area contributed by atoms with E-state index in [0.29, 0.717) is 11.1 Å². The number of hydrogen-bond donors (Lipinski definition) is 1. The quantitative estimate of drug-likeness (QED) is 0.861. The van der Waals surface area contributed by atoms with Crippen LogP contribution in [0.5, 0.6) is 0 Å². The van der Waals surface area contributed by atoms with Gasteiger partial charge in [-0.3, -0.25) is 4.79 Å². The van der Waals surface area contributed by atoms with E-state index in [2.05, 4.69) is 5.32 Å². The second-order valence-corrected chi connectivity index (χ2v) is 4.97. The third-order valence-electron chi connectivity index (χ3n) is 3.26. The molecule has 0 aromatic heterocycles. The lowest BCUT2D eigenvalue weighted by Crippen LogP contribution is -2.31. The highest BCUT2D eigenvalue weighted by molar-refractivity contribution is 5.91. The molecular weight excluding hydrogens is 292 g/mol. The number of benzene rings is 2. The number of carbonyl (C=O) groups is 2. The second kappa shape index (κ2) is 7.76. The SMILES string of the molecule is C[C@H](NC(=O)COC(=O)c1ccc(C#N)cc1)c1ccccc1. The predicted octanol–water partition coefficient (Wildman–Crippen LogP) is 2.59. The van der Waals surface area contributed by atoms with Crippen molar-refractivity contribution in [2.45, 2.75) is 13.0 Å². The standard InChI is InChI=1S/C18H16N2O3/c1-13(15-5-3-2-4-6-15)20-17(21)12-23-18(22)16-9-7-14(11-19)8-10-16/h2-10,13H,12H2,1H3,(H,20,21)/t13-/m0/s1. The van der Waals surface area contributed by atoms with Crippen molar-refractivity contribution in [3.63, 3.8) is 0 Å². The number of ether oxygens (including phenoxy) is 1. The maximum Gasteiger partial charge on any atom is 0.338 e. The van der Waals surface area contributed by atoms with Gasteiger partial charge in [0.1, 0.15) is 0 Å². The lowest BCUT2D eigenvalue weighted by Gasteiger charge is -2.14. The smallest absolute Gasteiger partial charge is 0.338 e. The fourth-order valence-electron chi connectivity index (χ4n) is 2.00. The van der Waals surface area contributed by atoms with Crippen molar-refractivity contribution in [1.29, 1.82) is 5.26 Å².